The zero-order valence-electron chi connectivity index (χ0n) is 7.40. The van der Waals surface area contributed by atoms with Gasteiger partial charge in [-0.1, -0.05) is 28.1 Å². The summed E-state index contributed by atoms with van der Waals surface area (Å²) in [5.41, 5.74) is 5.66. The third-order valence-electron chi connectivity index (χ3n) is 2.67. The van der Waals surface area contributed by atoms with Gasteiger partial charge in [-0.05, 0) is 24.1 Å². The van der Waals surface area contributed by atoms with Crippen LogP contribution in [0.2, 0.25) is 0 Å². The van der Waals surface area contributed by atoms with E-state index in [0.29, 0.717) is 6.42 Å². The lowest BCUT2D eigenvalue weighted by Gasteiger charge is -2.05. The molecule has 1 aliphatic carbocycles. The van der Waals surface area contributed by atoms with Crippen LogP contribution in [0.1, 0.15) is 17.9 Å². The molecule has 14 heavy (non-hydrogen) atoms. The van der Waals surface area contributed by atoms with Gasteiger partial charge in [0.15, 0.2) is 0 Å². The highest BCUT2D eigenvalue weighted by Gasteiger charge is 2.58. The van der Waals surface area contributed by atoms with Crippen LogP contribution in [-0.2, 0) is 4.79 Å². The van der Waals surface area contributed by atoms with Gasteiger partial charge in [-0.15, -0.1) is 0 Å². The molecule has 4 heteroatoms. The normalized spacial score (nSPS) is 30.0. The minimum absolute atomic E-state index is 0.0342. The molecule has 0 bridgehead atoms. The van der Waals surface area contributed by atoms with Crippen molar-refractivity contribution in [2.75, 3.05) is 0 Å². The van der Waals surface area contributed by atoms with E-state index in [9.17, 15) is 4.79 Å². The molecule has 1 saturated carbocycles. The first kappa shape index (κ1) is 9.68. The molecule has 1 aliphatic rings. The topological polar surface area (TPSA) is 63.3 Å². The first-order chi connectivity index (χ1) is 6.54. The summed E-state index contributed by atoms with van der Waals surface area (Å²) in [6.45, 7) is 0. The van der Waals surface area contributed by atoms with Gasteiger partial charge in [-0.3, -0.25) is 4.79 Å². The maximum atomic E-state index is 10.8. The van der Waals surface area contributed by atoms with Crippen LogP contribution >= 0.6 is 15.9 Å². The fourth-order valence-electron chi connectivity index (χ4n) is 1.63. The summed E-state index contributed by atoms with van der Waals surface area (Å²) in [6.07, 6.45) is 0.532. The summed E-state index contributed by atoms with van der Waals surface area (Å²) >= 11 is 3.32. The maximum absolute atomic E-state index is 10.8. The smallest absolute Gasteiger partial charge is 0.324 e. The van der Waals surface area contributed by atoms with Gasteiger partial charge in [0.2, 0.25) is 0 Å². The summed E-state index contributed by atoms with van der Waals surface area (Å²) in [5.74, 6) is -0.946. The summed E-state index contributed by atoms with van der Waals surface area (Å²) in [7, 11) is 0. The summed E-state index contributed by atoms with van der Waals surface area (Å²) in [4.78, 5) is 10.8. The number of nitrogens with two attached hydrogens (primary N) is 1. The standard InChI is InChI=1S/C10H10BrNO2/c11-7-3-1-6(2-4-7)8-5-10(8,12)9(13)14/h1-4,8H,5,12H2,(H,13,14)/t8-,10+/m1/s1. The predicted molar refractivity (Wildman–Crippen MR) is 56.1 cm³/mol. The average molecular weight is 256 g/mol. The molecule has 0 spiro atoms. The Balaban J connectivity index is 2.21. The van der Waals surface area contributed by atoms with Crippen LogP contribution in [0.4, 0.5) is 0 Å². The van der Waals surface area contributed by atoms with Crippen molar-refractivity contribution in [3.05, 3.63) is 34.3 Å². The quantitative estimate of drug-likeness (QED) is 0.846. The van der Waals surface area contributed by atoms with Crippen LogP contribution in [0.5, 0.6) is 0 Å². The predicted octanol–water partition coefficient (Wildman–Crippen LogP) is 1.72. The minimum Gasteiger partial charge on any atom is -0.480 e. The molecule has 0 saturated heterocycles. The molecule has 0 aliphatic heterocycles. The third kappa shape index (κ3) is 1.44. The van der Waals surface area contributed by atoms with E-state index in [0.717, 1.165) is 10.0 Å². The molecular weight excluding hydrogens is 246 g/mol. The molecule has 2 rings (SSSR count). The van der Waals surface area contributed by atoms with Crippen LogP contribution < -0.4 is 5.73 Å². The highest BCUT2D eigenvalue weighted by atomic mass is 79.9. The Morgan fingerprint density at radius 3 is 2.50 bits per heavy atom. The molecule has 2 atom stereocenters. The largest absolute Gasteiger partial charge is 0.480 e. The van der Waals surface area contributed by atoms with E-state index >= 15 is 0 Å². The second kappa shape index (κ2) is 3.07. The highest BCUT2D eigenvalue weighted by molar-refractivity contribution is 9.10. The van der Waals surface area contributed by atoms with E-state index in [2.05, 4.69) is 15.9 Å². The van der Waals surface area contributed by atoms with Crippen molar-refractivity contribution in [2.24, 2.45) is 5.73 Å². The molecule has 0 aromatic heterocycles. The van der Waals surface area contributed by atoms with Gasteiger partial charge in [0.25, 0.3) is 0 Å². The number of carboxylic acid groups (broad SMARTS) is 1. The van der Waals surface area contributed by atoms with Crippen molar-refractivity contribution < 1.29 is 9.90 Å². The Morgan fingerprint density at radius 1 is 1.50 bits per heavy atom. The summed E-state index contributed by atoms with van der Waals surface area (Å²) in [6, 6.07) is 7.62. The number of benzene rings is 1. The second-order valence-electron chi connectivity index (χ2n) is 3.65. The monoisotopic (exact) mass is 255 g/mol. The lowest BCUT2D eigenvalue weighted by molar-refractivity contribution is -0.139. The Morgan fingerprint density at radius 2 is 2.07 bits per heavy atom. The molecule has 1 aromatic rings. The fraction of sp³-hybridized carbons (Fsp3) is 0.300. The Labute approximate surface area is 90.0 Å². The molecule has 1 fully saturated rings. The van der Waals surface area contributed by atoms with Crippen molar-refractivity contribution in [2.45, 2.75) is 17.9 Å². The van der Waals surface area contributed by atoms with Crippen molar-refractivity contribution in [3.8, 4) is 0 Å². The van der Waals surface area contributed by atoms with Crippen LogP contribution in [-0.4, -0.2) is 16.6 Å². The number of aliphatic carboxylic acids is 1. The first-order valence-corrected chi connectivity index (χ1v) is 5.11. The third-order valence-corrected chi connectivity index (χ3v) is 3.20. The molecule has 3 N–H and O–H groups in total. The van der Waals surface area contributed by atoms with Crippen LogP contribution in [0.3, 0.4) is 0 Å². The van der Waals surface area contributed by atoms with Crippen molar-refractivity contribution in [3.63, 3.8) is 0 Å². The Hall–Kier alpha value is -0.870. The molecule has 0 radical (unpaired) electrons. The molecule has 1 aromatic carbocycles. The van der Waals surface area contributed by atoms with Gasteiger partial charge in [0.1, 0.15) is 5.54 Å². The number of halogens is 1. The van der Waals surface area contributed by atoms with Gasteiger partial charge >= 0.3 is 5.97 Å². The zero-order valence-corrected chi connectivity index (χ0v) is 8.99. The maximum Gasteiger partial charge on any atom is 0.324 e. The first-order valence-electron chi connectivity index (χ1n) is 4.32. The van der Waals surface area contributed by atoms with Crippen molar-refractivity contribution in [1.29, 1.82) is 0 Å². The van der Waals surface area contributed by atoms with Crippen molar-refractivity contribution in [1.82, 2.24) is 0 Å². The number of hydrogen-bond acceptors (Lipinski definition) is 2. The van der Waals surface area contributed by atoms with E-state index in [1.165, 1.54) is 0 Å². The molecule has 0 unspecified atom stereocenters. The van der Waals surface area contributed by atoms with E-state index in [-0.39, 0.29) is 5.92 Å². The van der Waals surface area contributed by atoms with E-state index in [1.54, 1.807) is 0 Å². The highest BCUT2D eigenvalue weighted by Crippen LogP contribution is 2.49. The van der Waals surface area contributed by atoms with Crippen LogP contribution in [0.15, 0.2) is 28.7 Å². The van der Waals surface area contributed by atoms with E-state index < -0.39 is 11.5 Å². The summed E-state index contributed by atoms with van der Waals surface area (Å²) in [5, 5.41) is 8.86. The van der Waals surface area contributed by atoms with Gasteiger partial charge in [0.05, 0.1) is 0 Å². The van der Waals surface area contributed by atoms with Gasteiger partial charge in [-0.2, -0.15) is 0 Å². The molecule has 74 valence electrons. The van der Waals surface area contributed by atoms with E-state index in [1.807, 2.05) is 24.3 Å². The molecular formula is C10H10BrNO2. The fourth-order valence-corrected chi connectivity index (χ4v) is 1.89. The lowest BCUT2D eigenvalue weighted by atomic mass is 10.1. The van der Waals surface area contributed by atoms with Gasteiger partial charge < -0.3 is 10.8 Å². The summed E-state index contributed by atoms with van der Waals surface area (Å²) < 4.78 is 0.986. The SMILES string of the molecule is N[C@@]1(C(=O)O)C[C@@H]1c1ccc(Br)cc1. The number of rotatable bonds is 2. The Kier molecular flexibility index (Phi) is 2.12. The molecule has 0 heterocycles. The Bertz CT molecular complexity index is 376. The zero-order chi connectivity index (χ0) is 10.3. The van der Waals surface area contributed by atoms with Gasteiger partial charge in [0, 0.05) is 10.4 Å². The average Bonchev–Trinajstić information content (AvgIpc) is 2.81. The molecule has 0 amide bonds. The van der Waals surface area contributed by atoms with Crippen molar-refractivity contribution >= 4 is 21.9 Å². The van der Waals surface area contributed by atoms with Gasteiger partial charge in [-0.25, -0.2) is 0 Å². The van der Waals surface area contributed by atoms with Crippen LogP contribution in [0, 0.1) is 0 Å². The number of carboxylic acids is 1. The van der Waals surface area contributed by atoms with E-state index in [4.69, 9.17) is 10.8 Å². The van der Waals surface area contributed by atoms with Crippen LogP contribution in [0.25, 0.3) is 0 Å². The number of carbonyl (C=O) groups is 1. The molecule has 3 nitrogen and oxygen atoms in total. The number of hydrogen-bond donors (Lipinski definition) is 2. The second-order valence-corrected chi connectivity index (χ2v) is 4.57. The minimum atomic E-state index is -1.03. The lowest BCUT2D eigenvalue weighted by Crippen LogP contribution is -2.34.